The molecule has 0 heterocycles. The van der Waals surface area contributed by atoms with Crippen molar-refractivity contribution in [3.8, 4) is 5.75 Å². The van der Waals surface area contributed by atoms with Crippen molar-refractivity contribution >= 4 is 12.4 Å². The van der Waals surface area contributed by atoms with Crippen LogP contribution in [0.15, 0.2) is 36.4 Å². The maximum atomic E-state index is 13.1. The molecular formula is C16H17BF3O-. The van der Waals surface area contributed by atoms with Crippen molar-refractivity contribution in [2.75, 3.05) is 0 Å². The van der Waals surface area contributed by atoms with Crippen LogP contribution in [0.5, 0.6) is 5.75 Å². The molecule has 0 aromatic heterocycles. The molecule has 0 spiro atoms. The van der Waals surface area contributed by atoms with E-state index in [1.807, 2.05) is 32.0 Å². The standard InChI is InChI=1S/C16H17BF3O/c1-11-4-5-16(15(9-11)17(18,19)20)21-10-14-7-12(2)6-13(3)8-14/h4-9H,10H2,1-3H3/q-1. The minimum Gasteiger partial charge on any atom is -0.492 e. The van der Waals surface area contributed by atoms with E-state index in [1.54, 1.807) is 13.0 Å². The van der Waals surface area contributed by atoms with Crippen LogP contribution in [0.2, 0.25) is 0 Å². The van der Waals surface area contributed by atoms with Crippen LogP contribution in [0.3, 0.4) is 0 Å². The lowest BCUT2D eigenvalue weighted by Crippen LogP contribution is -2.35. The first kappa shape index (κ1) is 15.5. The normalized spacial score (nSPS) is 11.5. The van der Waals surface area contributed by atoms with Crippen molar-refractivity contribution in [3.63, 3.8) is 0 Å². The third kappa shape index (κ3) is 4.03. The fourth-order valence-electron chi connectivity index (χ4n) is 2.37. The van der Waals surface area contributed by atoms with E-state index in [1.165, 1.54) is 6.07 Å². The molecule has 2 aromatic rings. The second-order valence-electron chi connectivity index (χ2n) is 5.40. The average Bonchev–Trinajstić information content (AvgIpc) is 2.35. The molecule has 0 bridgehead atoms. The monoisotopic (exact) mass is 293 g/mol. The Morgan fingerprint density at radius 3 is 2.05 bits per heavy atom. The van der Waals surface area contributed by atoms with E-state index in [0.29, 0.717) is 5.56 Å². The zero-order valence-corrected chi connectivity index (χ0v) is 12.3. The van der Waals surface area contributed by atoms with Gasteiger partial charge in [0.15, 0.2) is 0 Å². The quantitative estimate of drug-likeness (QED) is 0.766. The van der Waals surface area contributed by atoms with Crippen molar-refractivity contribution in [2.45, 2.75) is 27.4 Å². The number of hydrogen-bond donors (Lipinski definition) is 0. The first-order valence-corrected chi connectivity index (χ1v) is 6.76. The Balaban J connectivity index is 2.24. The van der Waals surface area contributed by atoms with E-state index in [4.69, 9.17) is 4.74 Å². The molecule has 0 fully saturated rings. The number of rotatable bonds is 4. The van der Waals surface area contributed by atoms with Gasteiger partial charge in [0.05, 0.1) is 5.75 Å². The van der Waals surface area contributed by atoms with Crippen LogP contribution >= 0.6 is 0 Å². The Kier molecular flexibility index (Phi) is 4.30. The third-order valence-electron chi connectivity index (χ3n) is 3.19. The van der Waals surface area contributed by atoms with Crippen LogP contribution in [0.4, 0.5) is 12.9 Å². The van der Waals surface area contributed by atoms with Gasteiger partial charge in [-0.15, -0.1) is 0 Å². The molecule has 0 saturated heterocycles. The number of aryl methyl sites for hydroxylation is 3. The van der Waals surface area contributed by atoms with Gasteiger partial charge in [-0.1, -0.05) is 52.5 Å². The van der Waals surface area contributed by atoms with Gasteiger partial charge in [0.2, 0.25) is 0 Å². The molecule has 0 radical (unpaired) electrons. The Morgan fingerprint density at radius 1 is 0.857 bits per heavy atom. The highest BCUT2D eigenvalue weighted by molar-refractivity contribution is 6.74. The molecule has 0 amide bonds. The molecule has 0 aliphatic heterocycles. The summed E-state index contributed by atoms with van der Waals surface area (Å²) in [5.41, 5.74) is 2.91. The number of benzene rings is 2. The molecule has 5 heteroatoms. The predicted molar refractivity (Wildman–Crippen MR) is 80.1 cm³/mol. The molecule has 21 heavy (non-hydrogen) atoms. The van der Waals surface area contributed by atoms with Crippen LogP contribution in [-0.2, 0) is 6.61 Å². The molecule has 0 N–H and O–H groups in total. The fraction of sp³-hybridized carbons (Fsp3) is 0.250. The van der Waals surface area contributed by atoms with E-state index in [-0.39, 0.29) is 12.4 Å². The van der Waals surface area contributed by atoms with Gasteiger partial charge >= 0.3 is 6.98 Å². The third-order valence-corrected chi connectivity index (χ3v) is 3.19. The Labute approximate surface area is 122 Å². The second-order valence-corrected chi connectivity index (χ2v) is 5.40. The highest BCUT2D eigenvalue weighted by Crippen LogP contribution is 2.20. The lowest BCUT2D eigenvalue weighted by atomic mass is 9.78. The first-order chi connectivity index (χ1) is 9.75. The highest BCUT2D eigenvalue weighted by Gasteiger charge is 2.29. The summed E-state index contributed by atoms with van der Waals surface area (Å²) in [4.78, 5) is 0. The Morgan fingerprint density at radius 2 is 1.48 bits per heavy atom. The largest absolute Gasteiger partial charge is 0.513 e. The average molecular weight is 293 g/mol. The molecule has 2 rings (SSSR count). The second kappa shape index (κ2) is 5.84. The molecule has 1 nitrogen and oxygen atoms in total. The molecule has 0 aliphatic rings. The first-order valence-electron chi connectivity index (χ1n) is 6.76. The lowest BCUT2D eigenvalue weighted by molar-refractivity contribution is 0.306. The summed E-state index contributed by atoms with van der Waals surface area (Å²) in [6.07, 6.45) is 0. The van der Waals surface area contributed by atoms with Crippen LogP contribution < -0.4 is 10.2 Å². The van der Waals surface area contributed by atoms with Gasteiger partial charge in [0.25, 0.3) is 0 Å². The van der Waals surface area contributed by atoms with Gasteiger partial charge in [0, 0.05) is 0 Å². The maximum absolute atomic E-state index is 13.1. The topological polar surface area (TPSA) is 9.23 Å². The van der Waals surface area contributed by atoms with Crippen LogP contribution in [0.1, 0.15) is 22.3 Å². The summed E-state index contributed by atoms with van der Waals surface area (Å²) in [7, 11) is 0. The molecule has 0 atom stereocenters. The van der Waals surface area contributed by atoms with Crippen molar-refractivity contribution in [3.05, 3.63) is 58.7 Å². The smallest absolute Gasteiger partial charge is 0.492 e. The Bertz CT molecular complexity index is 630. The lowest BCUT2D eigenvalue weighted by Gasteiger charge is -2.20. The summed E-state index contributed by atoms with van der Waals surface area (Å²) in [5, 5.41) is 0. The van der Waals surface area contributed by atoms with E-state index >= 15 is 0 Å². The minimum atomic E-state index is -5.08. The zero-order valence-electron chi connectivity index (χ0n) is 12.3. The number of halogens is 3. The van der Waals surface area contributed by atoms with E-state index in [0.717, 1.165) is 22.8 Å². The van der Waals surface area contributed by atoms with Gasteiger partial charge in [-0.3, -0.25) is 0 Å². The van der Waals surface area contributed by atoms with Crippen molar-refractivity contribution in [1.29, 1.82) is 0 Å². The van der Waals surface area contributed by atoms with Gasteiger partial charge in [-0.25, -0.2) is 0 Å². The van der Waals surface area contributed by atoms with Crippen LogP contribution in [-0.4, -0.2) is 6.98 Å². The SMILES string of the molecule is Cc1cc(C)cc(COc2ccc(C)cc2[B-](F)(F)F)c1. The molecule has 0 saturated carbocycles. The van der Waals surface area contributed by atoms with Crippen molar-refractivity contribution in [1.82, 2.24) is 0 Å². The number of ether oxygens (including phenoxy) is 1. The fourth-order valence-corrected chi connectivity index (χ4v) is 2.37. The van der Waals surface area contributed by atoms with Crippen molar-refractivity contribution < 1.29 is 17.7 Å². The van der Waals surface area contributed by atoms with Gasteiger partial charge < -0.3 is 17.7 Å². The maximum Gasteiger partial charge on any atom is 0.513 e. The Hall–Kier alpha value is -1.91. The summed E-state index contributed by atoms with van der Waals surface area (Å²) >= 11 is 0. The summed E-state index contributed by atoms with van der Waals surface area (Å²) in [5.74, 6) is -0.104. The number of hydrogen-bond acceptors (Lipinski definition) is 1. The van der Waals surface area contributed by atoms with Crippen LogP contribution in [0, 0.1) is 20.8 Å². The molecule has 112 valence electrons. The van der Waals surface area contributed by atoms with Crippen molar-refractivity contribution in [2.24, 2.45) is 0 Å². The molecule has 0 unspecified atom stereocenters. The minimum absolute atomic E-state index is 0.104. The summed E-state index contributed by atoms with van der Waals surface area (Å²) in [6, 6.07) is 10.0. The van der Waals surface area contributed by atoms with E-state index in [9.17, 15) is 12.9 Å². The molecule has 2 aromatic carbocycles. The zero-order chi connectivity index (χ0) is 15.6. The van der Waals surface area contributed by atoms with Gasteiger partial charge in [-0.2, -0.15) is 0 Å². The van der Waals surface area contributed by atoms with E-state index < -0.39 is 12.4 Å². The molecule has 0 aliphatic carbocycles. The van der Waals surface area contributed by atoms with Gasteiger partial charge in [-0.05, 0) is 32.4 Å². The van der Waals surface area contributed by atoms with Crippen LogP contribution in [0.25, 0.3) is 0 Å². The highest BCUT2D eigenvalue weighted by atomic mass is 19.4. The molecular weight excluding hydrogens is 276 g/mol. The predicted octanol–water partition coefficient (Wildman–Crippen LogP) is 4.25. The summed E-state index contributed by atoms with van der Waals surface area (Å²) < 4.78 is 44.6. The van der Waals surface area contributed by atoms with Gasteiger partial charge in [0.1, 0.15) is 6.61 Å². The van der Waals surface area contributed by atoms with E-state index in [2.05, 4.69) is 0 Å². The summed E-state index contributed by atoms with van der Waals surface area (Å²) in [6.45, 7) is 0.590.